The Bertz CT molecular complexity index is 1040. The van der Waals surface area contributed by atoms with E-state index in [2.05, 4.69) is 63.6 Å². The fourth-order valence-electron chi connectivity index (χ4n) is 4.73. The second-order valence-electron chi connectivity index (χ2n) is 10.1. The van der Waals surface area contributed by atoms with Crippen molar-refractivity contribution in [2.24, 2.45) is 0 Å². The van der Waals surface area contributed by atoms with E-state index in [1.165, 1.54) is 41.7 Å². The second-order valence-corrected chi connectivity index (χ2v) is 11.9. The number of hydrogen-bond donors (Lipinski definition) is 0. The van der Waals surface area contributed by atoms with E-state index in [0.29, 0.717) is 17.9 Å². The smallest absolute Gasteiger partial charge is 0.339 e. The molecule has 0 fully saturated rings. The van der Waals surface area contributed by atoms with Gasteiger partial charge in [0, 0.05) is 21.4 Å². The number of fused-ring (bicyclic) bond motifs is 1. The molecule has 2 aromatic rings. The van der Waals surface area contributed by atoms with Crippen LogP contribution in [0.5, 0.6) is 0 Å². The summed E-state index contributed by atoms with van der Waals surface area (Å²) in [5.41, 5.74) is 5.07. The number of ether oxygens (including phenoxy) is 1. The molecule has 0 bridgehead atoms. The summed E-state index contributed by atoms with van der Waals surface area (Å²) in [4.78, 5) is 17.6. The van der Waals surface area contributed by atoms with Gasteiger partial charge in [0.05, 0.1) is 12.2 Å². The van der Waals surface area contributed by atoms with Crippen LogP contribution in [0.1, 0.15) is 106 Å². The molecule has 0 unspecified atom stereocenters. The van der Waals surface area contributed by atoms with Crippen LogP contribution in [-0.4, -0.2) is 22.3 Å². The third-order valence-electron chi connectivity index (χ3n) is 6.09. The summed E-state index contributed by atoms with van der Waals surface area (Å²) in [5, 5.41) is 0. The number of aromatic nitrogens is 1. The monoisotopic (exact) mass is 463 g/mol. The molecule has 1 aromatic heterocycles. The lowest BCUT2D eigenvalue weighted by molar-refractivity contribution is 0.0526. The molecule has 0 aliphatic carbocycles. The molecule has 176 valence electrons. The molecule has 3 nitrogen and oxygen atoms in total. The number of carbonyl (C=O) groups is 1. The van der Waals surface area contributed by atoms with Crippen LogP contribution in [0.25, 0.3) is 0 Å². The Morgan fingerprint density at radius 1 is 1.09 bits per heavy atom. The Morgan fingerprint density at radius 2 is 1.88 bits per heavy atom. The maximum atomic E-state index is 11.9. The van der Waals surface area contributed by atoms with Gasteiger partial charge in [-0.25, -0.2) is 9.78 Å². The average Bonchev–Trinajstić information content (AvgIpc) is 2.74. The molecule has 1 aliphatic heterocycles. The van der Waals surface area contributed by atoms with Crippen molar-refractivity contribution in [2.45, 2.75) is 95.1 Å². The maximum absolute atomic E-state index is 11.9. The van der Waals surface area contributed by atoms with Crippen molar-refractivity contribution in [3.05, 3.63) is 58.4 Å². The molecule has 33 heavy (non-hydrogen) atoms. The van der Waals surface area contributed by atoms with Crippen molar-refractivity contribution in [3.8, 4) is 11.8 Å². The number of hydrogen-bond acceptors (Lipinski definition) is 4. The van der Waals surface area contributed by atoms with Crippen molar-refractivity contribution < 1.29 is 9.53 Å². The van der Waals surface area contributed by atoms with Crippen LogP contribution in [-0.2, 0) is 16.6 Å². The van der Waals surface area contributed by atoms with E-state index >= 15 is 0 Å². The number of nitrogens with zero attached hydrogens (tertiary/aromatic N) is 1. The number of rotatable bonds is 7. The Morgan fingerprint density at radius 3 is 2.55 bits per heavy atom. The SMILES string of the molecule is CCCCCCc1cc2c(cc1C#Cc1ccc(C(=O)OCC)cn1)C(C)(C)CC(C)(C)S2. The fraction of sp³-hybridized carbons (Fsp3) is 0.517. The van der Waals surface area contributed by atoms with Gasteiger partial charge in [0.25, 0.3) is 0 Å². The van der Waals surface area contributed by atoms with Crippen LogP contribution in [0, 0.1) is 11.8 Å². The summed E-state index contributed by atoms with van der Waals surface area (Å²) in [7, 11) is 0. The molecule has 1 aliphatic rings. The van der Waals surface area contributed by atoms with E-state index in [1.807, 2.05) is 11.8 Å². The summed E-state index contributed by atoms with van der Waals surface area (Å²) in [6, 6.07) is 8.25. The van der Waals surface area contributed by atoms with Gasteiger partial charge in [-0.2, -0.15) is 0 Å². The standard InChI is InChI=1S/C29H37NO2S/c1-7-9-10-11-12-21-18-26-25(28(3,4)20-29(5,6)33-26)17-22(21)13-15-24-16-14-23(19-30-24)27(31)32-8-2/h14,16-19H,7-12,20H2,1-6H3. The van der Waals surface area contributed by atoms with Gasteiger partial charge in [-0.3, -0.25) is 0 Å². The lowest BCUT2D eigenvalue weighted by Gasteiger charge is -2.42. The first kappa shape index (κ1) is 25.4. The molecule has 1 aromatic carbocycles. The first-order valence-electron chi connectivity index (χ1n) is 12.2. The molecule has 4 heteroatoms. The predicted molar refractivity (Wildman–Crippen MR) is 138 cm³/mol. The number of esters is 1. The van der Waals surface area contributed by atoms with Crippen molar-refractivity contribution in [1.29, 1.82) is 0 Å². The van der Waals surface area contributed by atoms with Crippen LogP contribution in [0.2, 0.25) is 0 Å². The van der Waals surface area contributed by atoms with E-state index in [9.17, 15) is 4.79 Å². The summed E-state index contributed by atoms with van der Waals surface area (Å²) < 4.78 is 5.27. The molecule has 3 rings (SSSR count). The molecule has 0 atom stereocenters. The highest BCUT2D eigenvalue weighted by atomic mass is 32.2. The number of thioether (sulfide) groups is 1. The Labute approximate surface area is 204 Å². The van der Waals surface area contributed by atoms with Crippen LogP contribution in [0.3, 0.4) is 0 Å². The number of carbonyl (C=O) groups excluding carboxylic acids is 1. The Kier molecular flexibility index (Phi) is 8.29. The summed E-state index contributed by atoms with van der Waals surface area (Å²) in [5.74, 6) is 6.30. The molecular formula is C29H37NO2S. The Hall–Kier alpha value is -2.25. The van der Waals surface area contributed by atoms with E-state index < -0.39 is 0 Å². The van der Waals surface area contributed by atoms with E-state index in [0.717, 1.165) is 18.4 Å². The van der Waals surface area contributed by atoms with Gasteiger partial charge in [0.2, 0.25) is 0 Å². The number of pyridine rings is 1. The topological polar surface area (TPSA) is 39.2 Å². The minimum Gasteiger partial charge on any atom is -0.462 e. The largest absolute Gasteiger partial charge is 0.462 e. The third-order valence-corrected chi connectivity index (χ3v) is 7.34. The average molecular weight is 464 g/mol. The van der Waals surface area contributed by atoms with Crippen molar-refractivity contribution in [1.82, 2.24) is 4.98 Å². The first-order chi connectivity index (χ1) is 15.6. The van der Waals surface area contributed by atoms with E-state index in [-0.39, 0.29) is 16.1 Å². The third kappa shape index (κ3) is 6.64. The van der Waals surface area contributed by atoms with Crippen LogP contribution < -0.4 is 0 Å². The Balaban J connectivity index is 1.94. The first-order valence-corrected chi connectivity index (χ1v) is 13.0. The highest BCUT2D eigenvalue weighted by Crippen LogP contribution is 2.51. The highest BCUT2D eigenvalue weighted by molar-refractivity contribution is 8.00. The number of aryl methyl sites for hydroxylation is 1. The summed E-state index contributed by atoms with van der Waals surface area (Å²) >= 11 is 2.00. The quantitative estimate of drug-likeness (QED) is 0.245. The number of benzene rings is 1. The molecule has 0 spiro atoms. The van der Waals surface area contributed by atoms with Gasteiger partial charge >= 0.3 is 5.97 Å². The molecule has 2 heterocycles. The normalized spacial score (nSPS) is 15.8. The zero-order valence-electron chi connectivity index (χ0n) is 21.0. The zero-order valence-corrected chi connectivity index (χ0v) is 21.8. The van der Waals surface area contributed by atoms with Gasteiger partial charge in [0.1, 0.15) is 5.69 Å². The van der Waals surface area contributed by atoms with Crippen molar-refractivity contribution in [3.63, 3.8) is 0 Å². The van der Waals surface area contributed by atoms with Crippen molar-refractivity contribution >= 4 is 17.7 Å². The molecule has 0 N–H and O–H groups in total. The van der Waals surface area contributed by atoms with Crippen LogP contribution >= 0.6 is 11.8 Å². The van der Waals surface area contributed by atoms with Gasteiger partial charge in [-0.1, -0.05) is 59.8 Å². The van der Waals surface area contributed by atoms with Gasteiger partial charge in [-0.15, -0.1) is 11.8 Å². The van der Waals surface area contributed by atoms with Crippen molar-refractivity contribution in [2.75, 3.05) is 6.61 Å². The summed E-state index contributed by atoms with van der Waals surface area (Å²) in [6.45, 7) is 13.8. The second kappa shape index (κ2) is 10.8. The van der Waals surface area contributed by atoms with Crippen LogP contribution in [0.4, 0.5) is 0 Å². The molecule has 0 amide bonds. The van der Waals surface area contributed by atoms with Gasteiger partial charge in [0.15, 0.2) is 0 Å². The highest BCUT2D eigenvalue weighted by Gasteiger charge is 2.38. The predicted octanol–water partition coefficient (Wildman–Crippen LogP) is 7.33. The minimum atomic E-state index is -0.351. The lowest BCUT2D eigenvalue weighted by Crippen LogP contribution is -2.33. The number of unbranched alkanes of at least 4 members (excludes halogenated alkanes) is 3. The molecular weight excluding hydrogens is 426 g/mol. The summed E-state index contributed by atoms with van der Waals surface area (Å²) in [6.07, 6.45) is 8.68. The molecule has 0 saturated heterocycles. The fourth-order valence-corrected chi connectivity index (χ4v) is 6.40. The molecule has 0 saturated carbocycles. The van der Waals surface area contributed by atoms with Gasteiger partial charge < -0.3 is 4.74 Å². The lowest BCUT2D eigenvalue weighted by atomic mass is 9.76. The van der Waals surface area contributed by atoms with E-state index in [4.69, 9.17) is 4.74 Å². The zero-order chi connectivity index (χ0) is 24.1. The van der Waals surface area contributed by atoms with Crippen LogP contribution in [0.15, 0.2) is 35.4 Å². The van der Waals surface area contributed by atoms with E-state index in [1.54, 1.807) is 25.3 Å². The molecule has 0 radical (unpaired) electrons. The minimum absolute atomic E-state index is 0.112. The van der Waals surface area contributed by atoms with Gasteiger partial charge in [-0.05, 0) is 72.9 Å². The maximum Gasteiger partial charge on any atom is 0.339 e.